The Bertz CT molecular complexity index is 1420. The van der Waals surface area contributed by atoms with Crippen LogP contribution in [-0.2, 0) is 16.0 Å². The van der Waals surface area contributed by atoms with Crippen molar-refractivity contribution in [1.29, 1.82) is 0 Å². The highest BCUT2D eigenvalue weighted by molar-refractivity contribution is 6.30. The Morgan fingerprint density at radius 3 is 2.29 bits per heavy atom. The van der Waals surface area contributed by atoms with E-state index in [2.05, 4.69) is 24.1 Å². The maximum absolute atomic E-state index is 13.8. The van der Waals surface area contributed by atoms with Gasteiger partial charge >= 0.3 is 0 Å². The summed E-state index contributed by atoms with van der Waals surface area (Å²) in [5, 5.41) is 0.640. The van der Waals surface area contributed by atoms with Crippen molar-refractivity contribution in [2.45, 2.75) is 58.1 Å². The van der Waals surface area contributed by atoms with Crippen molar-refractivity contribution in [3.05, 3.63) is 82.4 Å². The molecule has 1 heterocycles. The minimum atomic E-state index is -0.358. The number of benzene rings is 3. The Balaban J connectivity index is 1.44. The molecule has 1 saturated carbocycles. The van der Waals surface area contributed by atoms with Gasteiger partial charge < -0.3 is 25.0 Å². The van der Waals surface area contributed by atoms with E-state index < -0.39 is 0 Å². The molecule has 7 nitrogen and oxygen atoms in total. The van der Waals surface area contributed by atoms with Crippen molar-refractivity contribution in [2.75, 3.05) is 30.5 Å². The van der Waals surface area contributed by atoms with Crippen LogP contribution in [0, 0.1) is 11.8 Å². The normalized spacial score (nSPS) is 20.3. The molecule has 3 aromatic rings. The Morgan fingerprint density at radius 2 is 1.69 bits per heavy atom. The highest BCUT2D eigenvalue weighted by Crippen LogP contribution is 2.44. The lowest BCUT2D eigenvalue weighted by Gasteiger charge is -2.38. The van der Waals surface area contributed by atoms with Crippen LogP contribution >= 0.6 is 11.6 Å². The maximum atomic E-state index is 13.8. The van der Waals surface area contributed by atoms with Crippen molar-refractivity contribution in [1.82, 2.24) is 0 Å². The molecular formula is C34H40ClN3O4. The zero-order valence-corrected chi connectivity index (χ0v) is 25.6. The molecule has 0 unspecified atom stereocenters. The molecule has 1 aliphatic carbocycles. The van der Waals surface area contributed by atoms with Gasteiger partial charge in [-0.2, -0.15) is 0 Å². The zero-order valence-electron chi connectivity index (χ0n) is 24.8. The fraction of sp³-hybridized carbons (Fsp3) is 0.412. The van der Waals surface area contributed by atoms with Crippen LogP contribution in [0.2, 0.25) is 5.02 Å². The molecule has 1 atom stereocenters. The number of carbonyl (C=O) groups is 2. The second kappa shape index (κ2) is 12.7. The lowest BCUT2D eigenvalue weighted by molar-refractivity contribution is -0.123. The second-order valence-electron chi connectivity index (χ2n) is 11.8. The van der Waals surface area contributed by atoms with Crippen LogP contribution < -0.4 is 25.0 Å². The quantitative estimate of drug-likeness (QED) is 0.306. The summed E-state index contributed by atoms with van der Waals surface area (Å²) in [5.41, 5.74) is 10.3. The first-order valence-electron chi connectivity index (χ1n) is 14.7. The van der Waals surface area contributed by atoms with Gasteiger partial charge in [0.1, 0.15) is 0 Å². The monoisotopic (exact) mass is 589 g/mol. The van der Waals surface area contributed by atoms with Crippen LogP contribution in [-0.4, -0.2) is 38.6 Å². The first kappa shape index (κ1) is 29.8. The van der Waals surface area contributed by atoms with E-state index >= 15 is 0 Å². The van der Waals surface area contributed by atoms with Crippen molar-refractivity contribution in [2.24, 2.45) is 17.6 Å². The van der Waals surface area contributed by atoms with Gasteiger partial charge in [0.15, 0.2) is 11.5 Å². The predicted octanol–water partition coefficient (Wildman–Crippen LogP) is 6.54. The van der Waals surface area contributed by atoms with E-state index in [0.29, 0.717) is 22.4 Å². The number of nitrogens with zero attached hydrogens (tertiary/aromatic N) is 2. The van der Waals surface area contributed by atoms with E-state index in [9.17, 15) is 9.59 Å². The van der Waals surface area contributed by atoms with E-state index in [4.69, 9.17) is 26.8 Å². The van der Waals surface area contributed by atoms with Gasteiger partial charge in [-0.15, -0.1) is 0 Å². The lowest BCUT2D eigenvalue weighted by Crippen LogP contribution is -2.41. The van der Waals surface area contributed by atoms with Crippen LogP contribution in [0.1, 0.15) is 62.3 Å². The van der Waals surface area contributed by atoms with Gasteiger partial charge in [0.2, 0.25) is 11.8 Å². The van der Waals surface area contributed by atoms with E-state index in [0.717, 1.165) is 60.3 Å². The molecule has 5 rings (SSSR count). The van der Waals surface area contributed by atoms with Gasteiger partial charge in [0, 0.05) is 35.9 Å². The summed E-state index contributed by atoms with van der Waals surface area (Å²) in [6.07, 6.45) is 3.98. The molecule has 0 bridgehead atoms. The van der Waals surface area contributed by atoms with E-state index in [1.165, 1.54) is 0 Å². The molecule has 0 spiro atoms. The van der Waals surface area contributed by atoms with Gasteiger partial charge in [0.05, 0.1) is 25.7 Å². The maximum Gasteiger partial charge on any atom is 0.232 e. The molecule has 1 aliphatic heterocycles. The third-order valence-corrected chi connectivity index (χ3v) is 8.74. The SMILES string of the molecule is COc1cc2c(cc1OC(C)C)[C@H](c1ccc(Cl)cc1)N(c1ccc(N(C)C[C@H]3CC[C@H](C(N)=O)CC3)cc1)C(=O)C2. The largest absolute Gasteiger partial charge is 0.493 e. The zero-order chi connectivity index (χ0) is 30.0. The number of fused-ring (bicyclic) bond motifs is 1. The van der Waals surface area contributed by atoms with Gasteiger partial charge in [-0.1, -0.05) is 23.7 Å². The third kappa shape index (κ3) is 6.36. The number of halogens is 1. The van der Waals surface area contributed by atoms with Crippen LogP contribution in [0.4, 0.5) is 11.4 Å². The number of anilines is 2. The summed E-state index contributed by atoms with van der Waals surface area (Å²) < 4.78 is 11.7. The van der Waals surface area contributed by atoms with Crippen molar-refractivity contribution < 1.29 is 19.1 Å². The molecule has 0 aromatic heterocycles. The molecule has 8 heteroatoms. The standard InChI is InChI=1S/C34H40ClN3O4/c1-21(2)42-31-19-29-25(17-30(31)41-4)18-32(39)38(33(29)23-9-11-26(35)12-10-23)28-15-13-27(14-16-28)37(3)20-22-5-7-24(8-6-22)34(36)40/h9-17,19,21-22,24,33H,5-8,18,20H2,1-4H3,(H2,36,40)/t22-,24-,33-/m0/s1. The van der Waals surface area contributed by atoms with E-state index in [-0.39, 0.29) is 36.3 Å². The second-order valence-corrected chi connectivity index (χ2v) is 12.2. The number of carbonyl (C=O) groups excluding carboxylic acids is 2. The average molecular weight is 590 g/mol. The fourth-order valence-electron chi connectivity index (χ4n) is 6.32. The predicted molar refractivity (Wildman–Crippen MR) is 168 cm³/mol. The molecule has 0 radical (unpaired) electrons. The number of nitrogens with two attached hydrogens (primary N) is 1. The van der Waals surface area contributed by atoms with Gasteiger partial charge in [-0.3, -0.25) is 9.59 Å². The van der Waals surface area contributed by atoms with Crippen LogP contribution in [0.3, 0.4) is 0 Å². The van der Waals surface area contributed by atoms with E-state index in [1.807, 2.05) is 67.3 Å². The number of hydrogen-bond donors (Lipinski definition) is 1. The first-order valence-corrected chi connectivity index (χ1v) is 15.1. The number of ether oxygens (including phenoxy) is 2. The van der Waals surface area contributed by atoms with Crippen LogP contribution in [0.15, 0.2) is 60.7 Å². The number of methoxy groups -OCH3 is 1. The Hall–Kier alpha value is -3.71. The summed E-state index contributed by atoms with van der Waals surface area (Å²) in [4.78, 5) is 29.5. The molecule has 2 N–H and O–H groups in total. The minimum Gasteiger partial charge on any atom is -0.493 e. The lowest BCUT2D eigenvalue weighted by atomic mass is 9.81. The molecule has 222 valence electrons. The molecular weight excluding hydrogens is 550 g/mol. The highest BCUT2D eigenvalue weighted by atomic mass is 35.5. The number of primary amides is 1. The summed E-state index contributed by atoms with van der Waals surface area (Å²) >= 11 is 6.25. The average Bonchev–Trinajstić information content (AvgIpc) is 2.97. The molecule has 2 aliphatic rings. The van der Waals surface area contributed by atoms with Gasteiger partial charge in [-0.05, 0) is 111 Å². The Kier molecular flexibility index (Phi) is 8.97. The van der Waals surface area contributed by atoms with Crippen LogP contribution in [0.25, 0.3) is 0 Å². The van der Waals surface area contributed by atoms with Crippen molar-refractivity contribution >= 4 is 34.8 Å². The number of amides is 2. The third-order valence-electron chi connectivity index (χ3n) is 8.49. The first-order chi connectivity index (χ1) is 20.1. The smallest absolute Gasteiger partial charge is 0.232 e. The van der Waals surface area contributed by atoms with Crippen molar-refractivity contribution in [3.8, 4) is 11.5 Å². The molecule has 0 saturated heterocycles. The summed E-state index contributed by atoms with van der Waals surface area (Å²) in [6, 6.07) is 19.5. The number of rotatable bonds is 9. The molecule has 42 heavy (non-hydrogen) atoms. The highest BCUT2D eigenvalue weighted by Gasteiger charge is 2.36. The molecule has 3 aromatic carbocycles. The van der Waals surface area contributed by atoms with Crippen molar-refractivity contribution in [3.63, 3.8) is 0 Å². The molecule has 2 amide bonds. The summed E-state index contributed by atoms with van der Waals surface area (Å²) in [6.45, 7) is 4.88. The van der Waals surface area contributed by atoms with Crippen LogP contribution in [0.5, 0.6) is 11.5 Å². The fourth-order valence-corrected chi connectivity index (χ4v) is 6.44. The summed E-state index contributed by atoms with van der Waals surface area (Å²) in [7, 11) is 3.71. The topological polar surface area (TPSA) is 85.1 Å². The van der Waals surface area contributed by atoms with E-state index in [1.54, 1.807) is 7.11 Å². The Morgan fingerprint density at radius 1 is 1.02 bits per heavy atom. The minimum absolute atomic E-state index is 0.00865. The number of hydrogen-bond acceptors (Lipinski definition) is 5. The summed E-state index contributed by atoms with van der Waals surface area (Å²) in [5.74, 6) is 1.65. The molecule has 1 fully saturated rings. The van der Waals surface area contributed by atoms with Gasteiger partial charge in [-0.25, -0.2) is 0 Å². The Labute approximate surface area is 253 Å². The van der Waals surface area contributed by atoms with Gasteiger partial charge in [0.25, 0.3) is 0 Å².